The van der Waals surface area contributed by atoms with E-state index in [1.165, 1.54) is 0 Å². The first kappa shape index (κ1) is 20.5. The summed E-state index contributed by atoms with van der Waals surface area (Å²) < 4.78 is 5.09. The first-order valence-electron chi connectivity index (χ1n) is 8.39. The summed E-state index contributed by atoms with van der Waals surface area (Å²) in [5, 5.41) is 6.14. The maximum Gasteiger partial charge on any atom is 0.328 e. The Morgan fingerprint density at radius 3 is 2.71 bits per heavy atom. The summed E-state index contributed by atoms with van der Waals surface area (Å²) in [5.41, 5.74) is 1.01. The van der Waals surface area contributed by atoms with Crippen LogP contribution in [0.4, 0.5) is 0 Å². The second-order valence-electron chi connectivity index (χ2n) is 5.96. The van der Waals surface area contributed by atoms with Crippen molar-refractivity contribution < 1.29 is 14.3 Å². The lowest BCUT2D eigenvalue weighted by Gasteiger charge is -2.18. The third-order valence-corrected chi connectivity index (χ3v) is 4.13. The second-order valence-corrected chi connectivity index (χ2v) is 5.96. The molecule has 1 aliphatic rings. The van der Waals surface area contributed by atoms with Crippen molar-refractivity contribution >= 4 is 24.3 Å². The fourth-order valence-corrected chi connectivity index (χ4v) is 2.85. The van der Waals surface area contributed by atoms with Crippen LogP contribution in [-0.2, 0) is 20.7 Å². The van der Waals surface area contributed by atoms with Crippen molar-refractivity contribution in [3.05, 3.63) is 35.9 Å². The monoisotopic (exact) mass is 354 g/mol. The van der Waals surface area contributed by atoms with Crippen molar-refractivity contribution in [3.63, 3.8) is 0 Å². The van der Waals surface area contributed by atoms with E-state index in [1.807, 2.05) is 30.3 Å². The number of rotatable bonds is 8. The quantitative estimate of drug-likeness (QED) is 0.701. The van der Waals surface area contributed by atoms with Gasteiger partial charge in [-0.05, 0) is 44.3 Å². The summed E-state index contributed by atoms with van der Waals surface area (Å²) in [6, 6.07) is 9.05. The Morgan fingerprint density at radius 2 is 2.08 bits per heavy atom. The Morgan fingerprint density at radius 1 is 1.33 bits per heavy atom. The van der Waals surface area contributed by atoms with Crippen molar-refractivity contribution in [2.45, 2.75) is 38.6 Å². The van der Waals surface area contributed by atoms with Crippen LogP contribution in [0.25, 0.3) is 0 Å². The lowest BCUT2D eigenvalue weighted by atomic mass is 10.0. The first-order valence-corrected chi connectivity index (χ1v) is 8.39. The summed E-state index contributed by atoms with van der Waals surface area (Å²) in [7, 11) is 0. The van der Waals surface area contributed by atoms with Crippen molar-refractivity contribution in [2.75, 3.05) is 19.7 Å². The highest BCUT2D eigenvalue weighted by Gasteiger charge is 2.23. The zero-order chi connectivity index (χ0) is 16.5. The summed E-state index contributed by atoms with van der Waals surface area (Å²) in [4.78, 5) is 24.3. The number of benzene rings is 1. The Bertz CT molecular complexity index is 504. The minimum atomic E-state index is -0.619. The molecular weight excluding hydrogens is 328 g/mol. The van der Waals surface area contributed by atoms with Gasteiger partial charge < -0.3 is 15.4 Å². The van der Waals surface area contributed by atoms with Crippen LogP contribution in [0.2, 0.25) is 0 Å². The average molecular weight is 355 g/mol. The van der Waals surface area contributed by atoms with Gasteiger partial charge in [0, 0.05) is 12.8 Å². The number of amides is 1. The van der Waals surface area contributed by atoms with E-state index in [4.69, 9.17) is 4.74 Å². The highest BCUT2D eigenvalue weighted by Crippen LogP contribution is 2.14. The highest BCUT2D eigenvalue weighted by atomic mass is 35.5. The van der Waals surface area contributed by atoms with E-state index in [9.17, 15) is 9.59 Å². The van der Waals surface area contributed by atoms with Gasteiger partial charge in [0.1, 0.15) is 6.04 Å². The highest BCUT2D eigenvalue weighted by molar-refractivity contribution is 5.85. The molecule has 2 N–H and O–H groups in total. The van der Waals surface area contributed by atoms with Gasteiger partial charge >= 0.3 is 5.97 Å². The van der Waals surface area contributed by atoms with Gasteiger partial charge in [-0.2, -0.15) is 0 Å². The van der Waals surface area contributed by atoms with Crippen molar-refractivity contribution in [1.29, 1.82) is 0 Å². The molecule has 1 aromatic rings. The van der Waals surface area contributed by atoms with E-state index in [-0.39, 0.29) is 24.3 Å². The number of hydrogen-bond donors (Lipinski definition) is 2. The molecular formula is C18H27ClN2O3. The van der Waals surface area contributed by atoms with Gasteiger partial charge in [-0.15, -0.1) is 12.4 Å². The molecule has 0 aliphatic carbocycles. The molecule has 1 fully saturated rings. The van der Waals surface area contributed by atoms with Crippen LogP contribution < -0.4 is 10.6 Å². The SMILES string of the molecule is CCOC(=O)C(Cc1ccccc1)NC(=O)CCC1CCNC1.Cl. The third-order valence-electron chi connectivity index (χ3n) is 4.13. The fourth-order valence-electron chi connectivity index (χ4n) is 2.85. The Kier molecular flexibility index (Phi) is 9.42. The Balaban J connectivity index is 0.00000288. The maximum atomic E-state index is 12.2. The van der Waals surface area contributed by atoms with E-state index >= 15 is 0 Å². The van der Waals surface area contributed by atoms with E-state index in [0.29, 0.717) is 25.4 Å². The predicted molar refractivity (Wildman–Crippen MR) is 96.2 cm³/mol. The predicted octanol–water partition coefficient (Wildman–Crippen LogP) is 2.09. The molecule has 1 aliphatic heterocycles. The Hall–Kier alpha value is -1.59. The molecule has 1 aromatic carbocycles. The second kappa shape index (κ2) is 11.0. The number of carbonyl (C=O) groups excluding carboxylic acids is 2. The van der Waals surface area contributed by atoms with Gasteiger partial charge in [0.15, 0.2) is 0 Å². The van der Waals surface area contributed by atoms with Crippen molar-refractivity contribution in [1.82, 2.24) is 10.6 Å². The topological polar surface area (TPSA) is 67.4 Å². The molecule has 1 heterocycles. The smallest absolute Gasteiger partial charge is 0.328 e. The van der Waals surface area contributed by atoms with E-state index < -0.39 is 6.04 Å². The lowest BCUT2D eigenvalue weighted by Crippen LogP contribution is -2.43. The summed E-state index contributed by atoms with van der Waals surface area (Å²) in [5.74, 6) is 0.119. The minimum Gasteiger partial charge on any atom is -0.464 e. The van der Waals surface area contributed by atoms with Gasteiger partial charge in [-0.1, -0.05) is 30.3 Å². The molecule has 24 heavy (non-hydrogen) atoms. The number of nitrogens with one attached hydrogen (secondary N) is 2. The van der Waals surface area contributed by atoms with Gasteiger partial charge in [0.05, 0.1) is 6.61 Å². The van der Waals surface area contributed by atoms with Crippen LogP contribution >= 0.6 is 12.4 Å². The average Bonchev–Trinajstić information content (AvgIpc) is 3.07. The molecule has 0 spiro atoms. The molecule has 2 rings (SSSR count). The van der Waals surface area contributed by atoms with E-state index in [2.05, 4.69) is 10.6 Å². The largest absolute Gasteiger partial charge is 0.464 e. The molecule has 2 unspecified atom stereocenters. The number of halogens is 1. The summed E-state index contributed by atoms with van der Waals surface area (Å²) in [6.07, 6.45) is 2.89. The molecule has 0 bridgehead atoms. The van der Waals surface area contributed by atoms with Crippen LogP contribution in [0, 0.1) is 5.92 Å². The fraction of sp³-hybridized carbons (Fsp3) is 0.556. The zero-order valence-electron chi connectivity index (χ0n) is 14.1. The molecule has 1 saturated heterocycles. The molecule has 0 aromatic heterocycles. The maximum absolute atomic E-state index is 12.2. The van der Waals surface area contributed by atoms with Crippen LogP contribution in [0.3, 0.4) is 0 Å². The number of esters is 1. The normalized spacial score (nSPS) is 17.6. The van der Waals surface area contributed by atoms with Crippen LogP contribution in [0.5, 0.6) is 0 Å². The zero-order valence-corrected chi connectivity index (χ0v) is 14.9. The van der Waals surface area contributed by atoms with Crippen molar-refractivity contribution in [3.8, 4) is 0 Å². The van der Waals surface area contributed by atoms with Crippen LogP contribution in [0.1, 0.15) is 31.7 Å². The molecule has 5 nitrogen and oxygen atoms in total. The van der Waals surface area contributed by atoms with Crippen molar-refractivity contribution in [2.24, 2.45) is 5.92 Å². The first-order chi connectivity index (χ1) is 11.2. The van der Waals surface area contributed by atoms with Crippen LogP contribution in [0.15, 0.2) is 30.3 Å². The molecule has 134 valence electrons. The Labute approximate surface area is 149 Å². The molecule has 0 saturated carbocycles. The van der Waals surface area contributed by atoms with Crippen LogP contribution in [-0.4, -0.2) is 37.6 Å². The van der Waals surface area contributed by atoms with Gasteiger partial charge in [0.2, 0.25) is 5.91 Å². The van der Waals surface area contributed by atoms with Gasteiger partial charge in [0.25, 0.3) is 0 Å². The molecule has 0 radical (unpaired) electrons. The van der Waals surface area contributed by atoms with Gasteiger partial charge in [-0.25, -0.2) is 4.79 Å². The summed E-state index contributed by atoms with van der Waals surface area (Å²) in [6.45, 7) is 4.10. The van der Waals surface area contributed by atoms with E-state index in [0.717, 1.165) is 31.5 Å². The number of hydrogen-bond acceptors (Lipinski definition) is 4. The molecule has 6 heteroatoms. The lowest BCUT2D eigenvalue weighted by molar-refractivity contribution is -0.147. The van der Waals surface area contributed by atoms with E-state index in [1.54, 1.807) is 6.92 Å². The number of carbonyl (C=O) groups is 2. The standard InChI is InChI=1S/C18H26N2O3.ClH/c1-2-23-18(22)16(12-14-6-4-3-5-7-14)20-17(21)9-8-15-10-11-19-13-15;/h3-7,15-16,19H,2,8-13H2,1H3,(H,20,21);1H. The van der Waals surface area contributed by atoms with Gasteiger partial charge in [-0.3, -0.25) is 4.79 Å². The molecule has 1 amide bonds. The third kappa shape index (κ3) is 6.89. The summed E-state index contributed by atoms with van der Waals surface area (Å²) >= 11 is 0. The number of ether oxygens (including phenoxy) is 1. The molecule has 2 atom stereocenters. The minimum absolute atomic E-state index is 0.